The van der Waals surface area contributed by atoms with E-state index in [0.717, 1.165) is 11.4 Å². The van der Waals surface area contributed by atoms with E-state index in [9.17, 15) is 0 Å². The number of rotatable bonds is 4. The third kappa shape index (κ3) is 6.67. The third-order valence-electron chi connectivity index (χ3n) is 8.62. The largest absolute Gasteiger partial charge is 1.00 e. The number of fused-ring (bicyclic) bond motifs is 3. The smallest absolute Gasteiger partial charge is 1.00 e. The van der Waals surface area contributed by atoms with Gasteiger partial charge in [0.1, 0.15) is 0 Å². The Balaban J connectivity index is 0.00000212. The average Bonchev–Trinajstić information content (AvgIpc) is 3.58. The molecule has 43 heavy (non-hydrogen) atoms. The molecule has 0 unspecified atom stereocenters. The first-order chi connectivity index (χ1) is 19.5. The minimum atomic E-state index is -2.72. The molecule has 0 N–H and O–H groups in total. The van der Waals surface area contributed by atoms with E-state index in [4.69, 9.17) is 11.6 Å². The van der Waals surface area contributed by atoms with Gasteiger partial charge < -0.3 is 24.8 Å². The summed E-state index contributed by atoms with van der Waals surface area (Å²) < 4.78 is 3.61. The van der Waals surface area contributed by atoms with Crippen molar-refractivity contribution in [2.75, 3.05) is 0 Å². The molecular formula is C39H39Cl3Zr. The molecule has 0 heterocycles. The molecule has 4 aromatic rings. The Morgan fingerprint density at radius 1 is 0.674 bits per heavy atom. The van der Waals surface area contributed by atoms with Gasteiger partial charge in [-0.25, -0.2) is 0 Å². The Morgan fingerprint density at radius 3 is 1.65 bits per heavy atom. The molecule has 0 bridgehead atoms. The molecule has 0 atom stereocenters. The van der Waals surface area contributed by atoms with Gasteiger partial charge in [0.25, 0.3) is 0 Å². The van der Waals surface area contributed by atoms with Gasteiger partial charge >= 0.3 is 261 Å². The van der Waals surface area contributed by atoms with Crippen molar-refractivity contribution in [2.45, 2.75) is 62.4 Å². The molecule has 0 spiro atoms. The van der Waals surface area contributed by atoms with Crippen molar-refractivity contribution in [1.82, 2.24) is 0 Å². The van der Waals surface area contributed by atoms with Gasteiger partial charge in [0.2, 0.25) is 0 Å². The number of hydrogen-bond acceptors (Lipinski definition) is 0. The van der Waals surface area contributed by atoms with Crippen LogP contribution in [0.3, 0.4) is 0 Å². The molecule has 0 amide bonds. The van der Waals surface area contributed by atoms with E-state index in [1.807, 2.05) is 0 Å². The van der Waals surface area contributed by atoms with Gasteiger partial charge in [-0.15, -0.1) is 0 Å². The van der Waals surface area contributed by atoms with Gasteiger partial charge in [-0.2, -0.15) is 0 Å². The standard InChI is InChI=1S/C21H25.C13H9Cl.C5H5.2ClH.Zr/c1-20(2,3)16-7-9-18-14(12-16)11-15-13-17(21(4,5)6)8-10-19(15)18;14-13-8-6-12(7-9-13)10-11-4-2-1-3-5-11;1-2-4-5-3-1;;;/h7-13H,1-6H3;1-9H;1-3H,4H2;2*1H;/q;;;;;+2/p-2. The number of hydrogen-bond donors (Lipinski definition) is 0. The van der Waals surface area contributed by atoms with Gasteiger partial charge in [0, 0.05) is 0 Å². The van der Waals surface area contributed by atoms with Crippen LogP contribution in [0.25, 0.3) is 11.1 Å². The van der Waals surface area contributed by atoms with Crippen molar-refractivity contribution in [3.05, 3.63) is 151 Å². The zero-order valence-corrected chi connectivity index (χ0v) is 30.5. The summed E-state index contributed by atoms with van der Waals surface area (Å²) in [6.07, 6.45) is 8.15. The Morgan fingerprint density at radius 2 is 1.19 bits per heavy atom. The second kappa shape index (κ2) is 13.1. The maximum absolute atomic E-state index is 6.44. The molecule has 0 radical (unpaired) electrons. The minimum Gasteiger partial charge on any atom is -1.00 e. The van der Waals surface area contributed by atoms with E-state index >= 15 is 0 Å². The molecule has 0 nitrogen and oxygen atoms in total. The Hall–Kier alpha value is -2.02. The summed E-state index contributed by atoms with van der Waals surface area (Å²) in [5.74, 6) is 0. The minimum absolute atomic E-state index is 0. The summed E-state index contributed by atoms with van der Waals surface area (Å²) in [5, 5.41) is 0.786. The SMILES string of the molecule is CC(C)(C)c1ccc2c(c1)[CH](/[Zr+2]([C]1=CC=CC1)=[C](\c1ccccc1)c1ccc(Cl)cc1)c1cc(C(C)(C)C)ccc1-2.[Cl-].[Cl-]. The zero-order valence-electron chi connectivity index (χ0n) is 25.8. The predicted octanol–water partition coefficient (Wildman–Crippen LogP) is 4.74. The molecule has 4 heteroatoms. The molecule has 0 fully saturated rings. The monoisotopic (exact) mass is 702 g/mol. The molecule has 2 aliphatic rings. The van der Waals surface area contributed by atoms with Crippen LogP contribution in [0, 0.1) is 0 Å². The van der Waals surface area contributed by atoms with Crippen LogP contribution >= 0.6 is 11.6 Å². The summed E-state index contributed by atoms with van der Waals surface area (Å²) >= 11 is 3.71. The number of benzene rings is 4. The second-order valence-corrected chi connectivity index (χ2v) is 20.2. The molecule has 4 aromatic carbocycles. The maximum Gasteiger partial charge on any atom is -1.00 e. The van der Waals surface area contributed by atoms with Crippen molar-refractivity contribution < 1.29 is 46.1 Å². The molecule has 2 aliphatic carbocycles. The van der Waals surface area contributed by atoms with Gasteiger partial charge in [0.05, 0.1) is 0 Å². The van der Waals surface area contributed by atoms with E-state index in [1.54, 1.807) is 6.49 Å². The van der Waals surface area contributed by atoms with Gasteiger partial charge in [0.15, 0.2) is 0 Å². The van der Waals surface area contributed by atoms with E-state index < -0.39 is 21.3 Å². The molecular weight excluding hydrogens is 666 g/mol. The number of allylic oxidation sites excluding steroid dienone is 4. The molecule has 0 saturated carbocycles. The predicted molar refractivity (Wildman–Crippen MR) is 174 cm³/mol. The van der Waals surface area contributed by atoms with Gasteiger partial charge in [-0.3, -0.25) is 0 Å². The fourth-order valence-electron chi connectivity index (χ4n) is 6.34. The summed E-state index contributed by atoms with van der Waals surface area (Å²) in [6.45, 7) is 14.0. The average molecular weight is 705 g/mol. The van der Waals surface area contributed by atoms with Crippen LogP contribution in [0.5, 0.6) is 0 Å². The first-order valence-corrected chi connectivity index (χ1v) is 19.0. The summed E-state index contributed by atoms with van der Waals surface area (Å²) in [4.78, 5) is 0. The van der Waals surface area contributed by atoms with Crippen LogP contribution in [-0.2, 0) is 32.1 Å². The van der Waals surface area contributed by atoms with Crippen LogP contribution in [0.4, 0.5) is 0 Å². The second-order valence-electron chi connectivity index (χ2n) is 13.5. The molecule has 6 rings (SSSR count). The van der Waals surface area contributed by atoms with E-state index in [0.29, 0.717) is 3.63 Å². The van der Waals surface area contributed by atoms with E-state index in [2.05, 4.69) is 151 Å². The van der Waals surface area contributed by atoms with Crippen LogP contribution in [0.15, 0.2) is 113 Å². The fourth-order valence-corrected chi connectivity index (χ4v) is 15.4. The van der Waals surface area contributed by atoms with E-state index in [1.165, 1.54) is 44.5 Å². The van der Waals surface area contributed by atoms with Crippen LogP contribution < -0.4 is 24.8 Å². The first kappa shape index (κ1) is 33.9. The van der Waals surface area contributed by atoms with Crippen molar-refractivity contribution in [3.8, 4) is 11.1 Å². The van der Waals surface area contributed by atoms with Crippen molar-refractivity contribution in [1.29, 1.82) is 0 Å². The Bertz CT molecular complexity index is 1650. The normalized spacial score (nSPS) is 14.3. The van der Waals surface area contributed by atoms with E-state index in [-0.39, 0.29) is 35.6 Å². The molecule has 220 valence electrons. The van der Waals surface area contributed by atoms with Crippen molar-refractivity contribution in [3.63, 3.8) is 0 Å². The maximum atomic E-state index is 6.44. The molecule has 0 aromatic heterocycles. The van der Waals surface area contributed by atoms with Gasteiger partial charge in [-0.05, 0) is 0 Å². The van der Waals surface area contributed by atoms with Crippen LogP contribution in [0.1, 0.15) is 85.0 Å². The molecule has 0 saturated heterocycles. The first-order valence-electron chi connectivity index (χ1n) is 14.7. The van der Waals surface area contributed by atoms with Crippen molar-refractivity contribution in [2.24, 2.45) is 0 Å². The van der Waals surface area contributed by atoms with Crippen molar-refractivity contribution >= 4 is 14.8 Å². The van der Waals surface area contributed by atoms with Crippen LogP contribution in [0.2, 0.25) is 5.02 Å². The zero-order chi connectivity index (χ0) is 28.9. The van der Waals surface area contributed by atoms with Crippen LogP contribution in [-0.4, -0.2) is 3.21 Å². The summed E-state index contributed by atoms with van der Waals surface area (Å²) in [6, 6.07) is 34.5. The molecule has 0 aliphatic heterocycles. The Kier molecular flexibility index (Phi) is 10.4. The number of halogens is 3. The summed E-state index contributed by atoms with van der Waals surface area (Å²) in [7, 11) is 0. The quantitative estimate of drug-likeness (QED) is 0.288. The Labute approximate surface area is 283 Å². The van der Waals surface area contributed by atoms with Gasteiger partial charge in [-0.1, -0.05) is 0 Å². The summed E-state index contributed by atoms with van der Waals surface area (Å²) in [5.41, 5.74) is 11.6. The fraction of sp³-hybridized carbons (Fsp3) is 0.256. The topological polar surface area (TPSA) is 0 Å². The third-order valence-corrected chi connectivity index (χ3v) is 17.2.